The van der Waals surface area contributed by atoms with Crippen molar-refractivity contribution in [3.05, 3.63) is 29.8 Å². The van der Waals surface area contributed by atoms with Crippen molar-refractivity contribution in [1.82, 2.24) is 10.2 Å². The maximum atomic E-state index is 12.6. The maximum Gasteiger partial charge on any atom is 0.416 e. The number of amides is 2. The number of carbonyl (C=O) groups is 1. The van der Waals surface area contributed by atoms with E-state index in [-0.39, 0.29) is 6.04 Å². The Labute approximate surface area is 156 Å². The topological polar surface area (TPSA) is 62.8 Å². The number of ether oxygens (including phenoxy) is 2. The number of benzene rings is 1. The number of rotatable bonds is 5. The summed E-state index contributed by atoms with van der Waals surface area (Å²) >= 11 is 0. The Hall–Kier alpha value is -1.84. The Bertz CT molecular complexity index is 613. The third-order valence-electron chi connectivity index (χ3n) is 4.97. The van der Waals surface area contributed by atoms with E-state index in [1.165, 1.54) is 12.1 Å². The summed E-state index contributed by atoms with van der Waals surface area (Å²) in [4.78, 5) is 14.5. The highest BCUT2D eigenvalue weighted by Crippen LogP contribution is 2.29. The van der Waals surface area contributed by atoms with E-state index in [2.05, 4.69) is 15.5 Å². The van der Waals surface area contributed by atoms with Crippen LogP contribution in [0.5, 0.6) is 0 Å². The number of hydrogen-bond acceptors (Lipinski definition) is 4. The Morgan fingerprint density at radius 2 is 1.85 bits per heavy atom. The largest absolute Gasteiger partial charge is 0.416 e. The molecule has 150 valence electrons. The number of nitrogens with zero attached hydrogens (tertiary/aromatic N) is 1. The van der Waals surface area contributed by atoms with Gasteiger partial charge in [0.2, 0.25) is 0 Å². The number of halogens is 3. The van der Waals surface area contributed by atoms with Gasteiger partial charge in [-0.3, -0.25) is 4.90 Å². The van der Waals surface area contributed by atoms with Gasteiger partial charge in [-0.25, -0.2) is 4.79 Å². The van der Waals surface area contributed by atoms with Crippen LogP contribution in [0.1, 0.15) is 12.0 Å². The molecule has 0 spiro atoms. The Morgan fingerprint density at radius 1 is 1.15 bits per heavy atom. The second-order valence-electron chi connectivity index (χ2n) is 6.75. The number of morpholine rings is 1. The normalized spacial score (nSPS) is 22.4. The SMILES string of the molecule is O=C(NC[C@@H]([C@@H]1CCOC1)N1CCOCC1)Nc1ccc(C(F)(F)F)cc1. The highest BCUT2D eigenvalue weighted by Gasteiger charge is 2.32. The fraction of sp³-hybridized carbons (Fsp3) is 0.611. The molecule has 9 heteroatoms. The lowest BCUT2D eigenvalue weighted by Gasteiger charge is -2.37. The second kappa shape index (κ2) is 8.90. The van der Waals surface area contributed by atoms with Crippen LogP contribution < -0.4 is 10.6 Å². The molecule has 0 saturated carbocycles. The number of anilines is 1. The fourth-order valence-corrected chi connectivity index (χ4v) is 3.47. The van der Waals surface area contributed by atoms with Crippen molar-refractivity contribution in [2.24, 2.45) is 5.92 Å². The van der Waals surface area contributed by atoms with Gasteiger partial charge < -0.3 is 20.1 Å². The predicted molar refractivity (Wildman–Crippen MR) is 93.6 cm³/mol. The molecule has 2 amide bonds. The maximum absolute atomic E-state index is 12.6. The first kappa shape index (κ1) is 19.9. The zero-order valence-corrected chi connectivity index (χ0v) is 14.9. The summed E-state index contributed by atoms with van der Waals surface area (Å²) < 4.78 is 48.7. The molecule has 2 fully saturated rings. The summed E-state index contributed by atoms with van der Waals surface area (Å²) in [7, 11) is 0. The zero-order valence-electron chi connectivity index (χ0n) is 14.9. The van der Waals surface area contributed by atoms with Crippen molar-refractivity contribution in [2.75, 3.05) is 51.4 Å². The van der Waals surface area contributed by atoms with Crippen LogP contribution >= 0.6 is 0 Å². The van der Waals surface area contributed by atoms with E-state index < -0.39 is 17.8 Å². The minimum atomic E-state index is -4.39. The molecular formula is C18H24F3N3O3. The van der Waals surface area contributed by atoms with Gasteiger partial charge in [-0.05, 0) is 30.7 Å². The smallest absolute Gasteiger partial charge is 0.381 e. The molecule has 6 nitrogen and oxygen atoms in total. The molecule has 0 bridgehead atoms. The first-order chi connectivity index (χ1) is 12.9. The molecule has 0 radical (unpaired) electrons. The van der Waals surface area contributed by atoms with Crippen LogP contribution in [-0.4, -0.2) is 63.0 Å². The molecule has 2 saturated heterocycles. The minimum Gasteiger partial charge on any atom is -0.381 e. The van der Waals surface area contributed by atoms with E-state index in [1.807, 2.05) is 0 Å². The number of nitrogens with one attached hydrogen (secondary N) is 2. The van der Waals surface area contributed by atoms with Crippen molar-refractivity contribution < 1.29 is 27.4 Å². The van der Waals surface area contributed by atoms with E-state index in [4.69, 9.17) is 9.47 Å². The van der Waals surface area contributed by atoms with Crippen LogP contribution in [0, 0.1) is 5.92 Å². The molecule has 0 unspecified atom stereocenters. The lowest BCUT2D eigenvalue weighted by Crippen LogP contribution is -2.52. The van der Waals surface area contributed by atoms with E-state index >= 15 is 0 Å². The van der Waals surface area contributed by atoms with Crippen LogP contribution in [0.2, 0.25) is 0 Å². The van der Waals surface area contributed by atoms with Crippen molar-refractivity contribution in [3.8, 4) is 0 Å². The first-order valence-electron chi connectivity index (χ1n) is 9.05. The van der Waals surface area contributed by atoms with Gasteiger partial charge in [0, 0.05) is 43.9 Å². The van der Waals surface area contributed by atoms with Gasteiger partial charge in [0.05, 0.1) is 25.4 Å². The van der Waals surface area contributed by atoms with Gasteiger partial charge in [-0.1, -0.05) is 0 Å². The number of hydrogen-bond donors (Lipinski definition) is 2. The molecule has 1 aromatic rings. The highest BCUT2D eigenvalue weighted by atomic mass is 19.4. The molecule has 2 atom stereocenters. The molecule has 2 heterocycles. The second-order valence-corrected chi connectivity index (χ2v) is 6.75. The van der Waals surface area contributed by atoms with Crippen LogP contribution in [0.3, 0.4) is 0 Å². The standard InChI is InChI=1S/C18H24F3N3O3/c19-18(20,21)14-1-3-15(4-2-14)23-17(25)22-11-16(13-5-8-27-12-13)24-6-9-26-10-7-24/h1-4,13,16H,5-12H2,(H2,22,23,25)/t13-,16+/m1/s1. The third-order valence-corrected chi connectivity index (χ3v) is 4.97. The summed E-state index contributed by atoms with van der Waals surface area (Å²) in [6, 6.07) is 4.09. The number of urea groups is 1. The molecule has 0 aromatic heterocycles. The number of alkyl halides is 3. The lowest BCUT2D eigenvalue weighted by atomic mass is 9.97. The lowest BCUT2D eigenvalue weighted by molar-refractivity contribution is -0.137. The van der Waals surface area contributed by atoms with Gasteiger partial charge in [-0.2, -0.15) is 13.2 Å². The van der Waals surface area contributed by atoms with Crippen LogP contribution in [0.4, 0.5) is 23.7 Å². The summed E-state index contributed by atoms with van der Waals surface area (Å²) in [6.07, 6.45) is -3.44. The molecule has 27 heavy (non-hydrogen) atoms. The van der Waals surface area contributed by atoms with Gasteiger partial charge >= 0.3 is 12.2 Å². The van der Waals surface area contributed by atoms with Gasteiger partial charge in [0.1, 0.15) is 0 Å². The Morgan fingerprint density at radius 3 is 2.44 bits per heavy atom. The quantitative estimate of drug-likeness (QED) is 0.815. The van der Waals surface area contributed by atoms with Crippen molar-refractivity contribution in [2.45, 2.75) is 18.6 Å². The monoisotopic (exact) mass is 387 g/mol. The fourth-order valence-electron chi connectivity index (χ4n) is 3.47. The molecular weight excluding hydrogens is 363 g/mol. The van der Waals surface area contributed by atoms with E-state index in [9.17, 15) is 18.0 Å². The molecule has 2 aliphatic heterocycles. The summed E-state index contributed by atoms with van der Waals surface area (Å²) in [5.74, 6) is 0.342. The zero-order chi connectivity index (χ0) is 19.3. The average molecular weight is 387 g/mol. The summed E-state index contributed by atoms with van der Waals surface area (Å²) in [6.45, 7) is 4.80. The Kier molecular flexibility index (Phi) is 6.56. The predicted octanol–water partition coefficient (Wildman–Crippen LogP) is 2.56. The van der Waals surface area contributed by atoms with Crippen LogP contribution in [0.25, 0.3) is 0 Å². The van der Waals surface area contributed by atoms with Gasteiger partial charge in [-0.15, -0.1) is 0 Å². The molecule has 2 aliphatic rings. The summed E-state index contributed by atoms with van der Waals surface area (Å²) in [5, 5.41) is 5.42. The van der Waals surface area contributed by atoms with Crippen LogP contribution in [-0.2, 0) is 15.7 Å². The molecule has 2 N–H and O–H groups in total. The van der Waals surface area contributed by atoms with E-state index in [1.54, 1.807) is 0 Å². The van der Waals surface area contributed by atoms with E-state index in [0.717, 1.165) is 38.2 Å². The minimum absolute atomic E-state index is 0.148. The highest BCUT2D eigenvalue weighted by molar-refractivity contribution is 5.89. The molecule has 1 aromatic carbocycles. The third kappa shape index (κ3) is 5.57. The van der Waals surface area contributed by atoms with Crippen LogP contribution in [0.15, 0.2) is 24.3 Å². The van der Waals surface area contributed by atoms with E-state index in [0.29, 0.717) is 38.0 Å². The van der Waals surface area contributed by atoms with Gasteiger partial charge in [0.25, 0.3) is 0 Å². The first-order valence-corrected chi connectivity index (χ1v) is 9.05. The van der Waals surface area contributed by atoms with Gasteiger partial charge in [0.15, 0.2) is 0 Å². The van der Waals surface area contributed by atoms with Crippen molar-refractivity contribution >= 4 is 11.7 Å². The van der Waals surface area contributed by atoms with Crippen molar-refractivity contribution in [3.63, 3.8) is 0 Å². The average Bonchev–Trinajstić information content (AvgIpc) is 3.17. The molecule has 3 rings (SSSR count). The summed E-state index contributed by atoms with van der Waals surface area (Å²) in [5.41, 5.74) is -0.435. The Balaban J connectivity index is 1.54. The number of carbonyl (C=O) groups excluding carboxylic acids is 1. The van der Waals surface area contributed by atoms with Crippen molar-refractivity contribution in [1.29, 1.82) is 0 Å². The molecule has 0 aliphatic carbocycles.